The first-order valence-electron chi connectivity index (χ1n) is 11.3. The number of dihydropyridines is 1. The molecule has 0 radical (unpaired) electrons. The summed E-state index contributed by atoms with van der Waals surface area (Å²) in [4.78, 5) is 26.4. The van der Waals surface area contributed by atoms with Crippen LogP contribution in [0.25, 0.3) is 6.08 Å². The van der Waals surface area contributed by atoms with Crippen molar-refractivity contribution in [3.8, 4) is 0 Å². The molecule has 2 aromatic carbocycles. The van der Waals surface area contributed by atoms with E-state index in [0.717, 1.165) is 5.56 Å². The van der Waals surface area contributed by atoms with E-state index in [2.05, 4.69) is 5.32 Å². The predicted molar refractivity (Wildman–Crippen MR) is 135 cm³/mol. The molecule has 0 saturated carbocycles. The molecule has 0 bridgehead atoms. The van der Waals surface area contributed by atoms with E-state index in [1.54, 1.807) is 32.1 Å². The third-order valence-corrected chi connectivity index (χ3v) is 5.57. The van der Waals surface area contributed by atoms with E-state index in [1.807, 2.05) is 36.4 Å². The van der Waals surface area contributed by atoms with Gasteiger partial charge in [0.2, 0.25) is 0 Å². The number of methoxy groups -OCH3 is 1. The van der Waals surface area contributed by atoms with Crippen LogP contribution >= 0.6 is 0 Å². The van der Waals surface area contributed by atoms with E-state index in [-0.39, 0.29) is 41.9 Å². The molecule has 1 atom stereocenters. The summed E-state index contributed by atoms with van der Waals surface area (Å²) < 4.78 is 15.8. The Balaban J connectivity index is 1.93. The highest BCUT2D eigenvalue weighted by Gasteiger charge is 2.38. The van der Waals surface area contributed by atoms with E-state index in [1.165, 1.54) is 19.2 Å². The van der Waals surface area contributed by atoms with Gasteiger partial charge in [-0.15, -0.1) is 0 Å². The summed E-state index contributed by atoms with van der Waals surface area (Å²) in [6.07, 6.45) is 3.55. The predicted octanol–water partition coefficient (Wildman–Crippen LogP) is 4.06. The van der Waals surface area contributed by atoms with Crippen LogP contribution in [0.5, 0.6) is 0 Å². The summed E-state index contributed by atoms with van der Waals surface area (Å²) >= 11 is 0. The van der Waals surface area contributed by atoms with Gasteiger partial charge in [0.15, 0.2) is 0 Å². The summed E-state index contributed by atoms with van der Waals surface area (Å²) in [6.45, 7) is 3.65. The van der Waals surface area contributed by atoms with E-state index in [0.29, 0.717) is 17.0 Å². The van der Waals surface area contributed by atoms with Crippen LogP contribution in [-0.4, -0.2) is 44.1 Å². The summed E-state index contributed by atoms with van der Waals surface area (Å²) in [6, 6.07) is 15.6. The number of nitrogens with one attached hydrogen (secondary N) is 1. The van der Waals surface area contributed by atoms with Gasteiger partial charge >= 0.3 is 11.9 Å². The maximum atomic E-state index is 13.3. The number of carbonyl (C=O) groups excluding carboxylic acids is 2. The van der Waals surface area contributed by atoms with Gasteiger partial charge in [-0.2, -0.15) is 0 Å². The van der Waals surface area contributed by atoms with E-state index >= 15 is 0 Å². The lowest BCUT2D eigenvalue weighted by Crippen LogP contribution is -2.33. The van der Waals surface area contributed by atoms with Crippen LogP contribution in [0.15, 0.2) is 83.2 Å². The zero-order chi connectivity index (χ0) is 26.1. The number of benzene rings is 2. The summed E-state index contributed by atoms with van der Waals surface area (Å²) in [5.74, 6) is -2.17. The second-order valence-corrected chi connectivity index (χ2v) is 8.04. The lowest BCUT2D eigenvalue weighted by atomic mass is 9.80. The van der Waals surface area contributed by atoms with Gasteiger partial charge in [0, 0.05) is 18.5 Å². The Morgan fingerprint density at radius 3 is 2.31 bits per heavy atom. The van der Waals surface area contributed by atoms with Crippen LogP contribution in [0.4, 0.5) is 5.69 Å². The smallest absolute Gasteiger partial charge is 0.337 e. The van der Waals surface area contributed by atoms with Crippen molar-refractivity contribution >= 4 is 23.7 Å². The average molecular weight is 494 g/mol. The first-order chi connectivity index (χ1) is 17.3. The van der Waals surface area contributed by atoms with Gasteiger partial charge in [0.25, 0.3) is 0 Å². The van der Waals surface area contributed by atoms with Crippen molar-refractivity contribution < 1.29 is 29.0 Å². The molecule has 1 aliphatic heterocycles. The van der Waals surface area contributed by atoms with Gasteiger partial charge < -0.3 is 30.0 Å². The van der Waals surface area contributed by atoms with Gasteiger partial charge in [-0.1, -0.05) is 48.5 Å². The molecular weight excluding hydrogens is 464 g/mol. The zero-order valence-electron chi connectivity index (χ0n) is 20.4. The Morgan fingerprint density at radius 2 is 1.67 bits per heavy atom. The number of hydrogen-bond acceptors (Lipinski definition) is 9. The van der Waals surface area contributed by atoms with Crippen molar-refractivity contribution in [3.63, 3.8) is 0 Å². The highest BCUT2D eigenvalue weighted by atomic mass is 16.8. The molecule has 9 nitrogen and oxygen atoms in total. The Labute approximate surface area is 209 Å². The number of nitrogens with zero attached hydrogens (tertiary/aromatic N) is 1. The SMILES string of the molecule is COCCOC(=O)C1=C(C)NC(C)=C(C(=O)OCC=Cc2ccccc2)C1c1cccc(N([O-])O)c1. The lowest BCUT2D eigenvalue weighted by molar-refractivity contribution is -0.140. The molecule has 3 rings (SSSR count). The zero-order valence-corrected chi connectivity index (χ0v) is 20.4. The maximum Gasteiger partial charge on any atom is 0.337 e. The number of allylic oxidation sites excluding steroid dienone is 2. The summed E-state index contributed by atoms with van der Waals surface area (Å²) in [5.41, 5.74) is 2.73. The minimum atomic E-state index is -0.896. The van der Waals surface area contributed by atoms with Crippen LogP contribution in [0.2, 0.25) is 0 Å². The topological polar surface area (TPSA) is 120 Å². The molecule has 1 aliphatic rings. The second-order valence-electron chi connectivity index (χ2n) is 8.04. The van der Waals surface area contributed by atoms with E-state index in [9.17, 15) is 20.0 Å². The standard InChI is InChI=1S/C27H29N2O7/c1-18-23(26(30)35-14-8-11-20-9-5-4-6-10-20)25(21-12-7-13-22(17-21)29(32)33)24(19(2)28-18)27(31)36-16-15-34-3/h4-13,17,25,28,32H,14-16H2,1-3H3/q-1. The van der Waals surface area contributed by atoms with Gasteiger partial charge in [-0.3, -0.25) is 5.21 Å². The monoisotopic (exact) mass is 493 g/mol. The molecule has 0 aliphatic carbocycles. The number of anilines is 1. The summed E-state index contributed by atoms with van der Waals surface area (Å²) in [7, 11) is 1.49. The van der Waals surface area contributed by atoms with Gasteiger partial charge in [0.1, 0.15) is 13.2 Å². The van der Waals surface area contributed by atoms with Crippen LogP contribution in [0.1, 0.15) is 30.9 Å². The van der Waals surface area contributed by atoms with Gasteiger partial charge in [-0.05, 0) is 43.2 Å². The fourth-order valence-corrected chi connectivity index (χ4v) is 3.94. The first kappa shape index (κ1) is 26.7. The molecule has 0 amide bonds. The maximum absolute atomic E-state index is 13.3. The van der Waals surface area contributed by atoms with Crippen LogP contribution < -0.4 is 10.5 Å². The molecule has 2 aromatic rings. The molecule has 0 aromatic heterocycles. The molecule has 9 heteroatoms. The second kappa shape index (κ2) is 12.7. The van der Waals surface area contributed by atoms with E-state index in [4.69, 9.17) is 14.2 Å². The molecule has 2 N–H and O–H groups in total. The minimum Gasteiger partial charge on any atom is -0.733 e. The molecule has 36 heavy (non-hydrogen) atoms. The fraction of sp³-hybridized carbons (Fsp3) is 0.259. The molecule has 190 valence electrons. The highest BCUT2D eigenvalue weighted by Crippen LogP contribution is 2.40. The Morgan fingerprint density at radius 1 is 1.00 bits per heavy atom. The van der Waals surface area contributed by atoms with Crippen molar-refractivity contribution in [1.29, 1.82) is 0 Å². The minimum absolute atomic E-state index is 0.0125. The number of esters is 2. The number of rotatable bonds is 10. The Bertz CT molecular complexity index is 1170. The third-order valence-electron chi connectivity index (χ3n) is 5.57. The van der Waals surface area contributed by atoms with Gasteiger partial charge in [-0.25, -0.2) is 9.59 Å². The van der Waals surface area contributed by atoms with E-state index < -0.39 is 17.9 Å². The largest absolute Gasteiger partial charge is 0.733 e. The number of hydrogen-bond donors (Lipinski definition) is 2. The molecule has 0 spiro atoms. The Hall–Kier alpha value is -3.92. The molecular formula is C27H29N2O7-. The number of carbonyl (C=O) groups is 2. The third kappa shape index (κ3) is 6.60. The van der Waals surface area contributed by atoms with Crippen LogP contribution in [0, 0.1) is 5.21 Å². The van der Waals surface area contributed by atoms with Crippen LogP contribution in [-0.2, 0) is 23.8 Å². The van der Waals surface area contributed by atoms with Crippen molar-refractivity contribution in [2.75, 3.05) is 32.2 Å². The van der Waals surface area contributed by atoms with Crippen molar-refractivity contribution in [2.24, 2.45) is 0 Å². The van der Waals surface area contributed by atoms with Crippen molar-refractivity contribution in [2.45, 2.75) is 19.8 Å². The summed E-state index contributed by atoms with van der Waals surface area (Å²) in [5, 5.41) is 23.7. The average Bonchev–Trinajstić information content (AvgIpc) is 2.86. The van der Waals surface area contributed by atoms with Crippen molar-refractivity contribution in [1.82, 2.24) is 5.32 Å². The normalized spacial score (nSPS) is 15.6. The quantitative estimate of drug-likeness (QED) is 0.287. The molecule has 0 saturated heterocycles. The molecule has 0 fully saturated rings. The highest BCUT2D eigenvalue weighted by molar-refractivity contribution is 6.00. The Kier molecular flexibility index (Phi) is 9.40. The number of ether oxygens (including phenoxy) is 3. The van der Waals surface area contributed by atoms with Crippen molar-refractivity contribution in [3.05, 3.63) is 99.5 Å². The fourth-order valence-electron chi connectivity index (χ4n) is 3.94. The van der Waals surface area contributed by atoms with Gasteiger partial charge in [0.05, 0.1) is 29.4 Å². The molecule has 1 unspecified atom stereocenters. The molecule has 1 heterocycles. The first-order valence-corrected chi connectivity index (χ1v) is 11.3. The lowest BCUT2D eigenvalue weighted by Gasteiger charge is -2.31. The van der Waals surface area contributed by atoms with Crippen LogP contribution in [0.3, 0.4) is 0 Å².